The van der Waals surface area contributed by atoms with Crippen LogP contribution in [-0.4, -0.2) is 10.7 Å². The topological polar surface area (TPSA) is 20.2 Å². The molecule has 1 aliphatic carbocycles. The van der Waals surface area contributed by atoms with Crippen molar-refractivity contribution < 1.29 is 9.50 Å². The molecular weight excluding hydrogens is 215 g/mol. The highest BCUT2D eigenvalue weighted by Crippen LogP contribution is 2.34. The molecule has 0 heterocycles. The Balaban J connectivity index is 2.20. The maximum absolute atomic E-state index is 13.2. The first-order valence-electron chi connectivity index (χ1n) is 5.26. The van der Waals surface area contributed by atoms with E-state index in [9.17, 15) is 9.50 Å². The molecule has 0 amide bonds. The standard InChI is InChI=1S/C12H14ClFO/c13-11-9(4-3-5-10(11)14)8-12(15)6-1-2-7-12/h3-5,15H,1-2,6-8H2. The molecule has 0 spiro atoms. The maximum Gasteiger partial charge on any atom is 0.142 e. The number of aliphatic hydroxyl groups is 1. The highest BCUT2D eigenvalue weighted by molar-refractivity contribution is 6.31. The van der Waals surface area contributed by atoms with Crippen molar-refractivity contribution in [2.45, 2.75) is 37.7 Å². The zero-order valence-corrected chi connectivity index (χ0v) is 9.23. The third-order valence-corrected chi connectivity index (χ3v) is 3.51. The maximum atomic E-state index is 13.2. The Hall–Kier alpha value is -0.600. The van der Waals surface area contributed by atoms with Crippen LogP contribution < -0.4 is 0 Å². The van der Waals surface area contributed by atoms with Crippen LogP contribution >= 0.6 is 11.6 Å². The van der Waals surface area contributed by atoms with Gasteiger partial charge in [-0.3, -0.25) is 0 Å². The molecule has 1 N–H and O–H groups in total. The Morgan fingerprint density at radius 3 is 2.67 bits per heavy atom. The molecule has 0 unspecified atom stereocenters. The summed E-state index contributed by atoms with van der Waals surface area (Å²) in [7, 11) is 0. The van der Waals surface area contributed by atoms with Gasteiger partial charge in [0, 0.05) is 6.42 Å². The van der Waals surface area contributed by atoms with Gasteiger partial charge in [-0.05, 0) is 24.5 Å². The second kappa shape index (κ2) is 4.11. The quantitative estimate of drug-likeness (QED) is 0.823. The zero-order valence-electron chi connectivity index (χ0n) is 8.47. The molecule has 0 radical (unpaired) electrons. The van der Waals surface area contributed by atoms with E-state index in [1.807, 2.05) is 0 Å². The average molecular weight is 229 g/mol. The van der Waals surface area contributed by atoms with Gasteiger partial charge in [-0.25, -0.2) is 4.39 Å². The van der Waals surface area contributed by atoms with Crippen molar-refractivity contribution in [1.82, 2.24) is 0 Å². The van der Waals surface area contributed by atoms with Crippen LogP contribution in [0.3, 0.4) is 0 Å². The van der Waals surface area contributed by atoms with Crippen LogP contribution in [0.5, 0.6) is 0 Å². The van der Waals surface area contributed by atoms with E-state index in [2.05, 4.69) is 0 Å². The van der Waals surface area contributed by atoms with E-state index < -0.39 is 11.4 Å². The second-order valence-corrected chi connectivity index (χ2v) is 4.70. The van der Waals surface area contributed by atoms with Crippen LogP contribution in [-0.2, 0) is 6.42 Å². The lowest BCUT2D eigenvalue weighted by Crippen LogP contribution is -2.27. The molecule has 0 aliphatic heterocycles. The highest BCUT2D eigenvalue weighted by atomic mass is 35.5. The molecule has 2 rings (SSSR count). The fourth-order valence-electron chi connectivity index (χ4n) is 2.25. The number of hydrogen-bond acceptors (Lipinski definition) is 1. The molecule has 1 nitrogen and oxygen atoms in total. The lowest BCUT2D eigenvalue weighted by Gasteiger charge is -2.22. The van der Waals surface area contributed by atoms with E-state index in [1.54, 1.807) is 12.1 Å². The molecule has 0 bridgehead atoms. The van der Waals surface area contributed by atoms with Gasteiger partial charge < -0.3 is 5.11 Å². The predicted molar refractivity (Wildman–Crippen MR) is 58.5 cm³/mol. The first-order chi connectivity index (χ1) is 7.11. The average Bonchev–Trinajstić information content (AvgIpc) is 2.60. The largest absolute Gasteiger partial charge is 0.390 e. The summed E-state index contributed by atoms with van der Waals surface area (Å²) >= 11 is 5.85. The van der Waals surface area contributed by atoms with Gasteiger partial charge >= 0.3 is 0 Å². The molecule has 0 aromatic heterocycles. The summed E-state index contributed by atoms with van der Waals surface area (Å²) in [5, 5.41) is 10.3. The van der Waals surface area contributed by atoms with Crippen molar-refractivity contribution >= 4 is 11.6 Å². The van der Waals surface area contributed by atoms with Gasteiger partial charge in [0.15, 0.2) is 0 Å². The minimum Gasteiger partial charge on any atom is -0.390 e. The monoisotopic (exact) mass is 228 g/mol. The summed E-state index contributed by atoms with van der Waals surface area (Å²) in [6.07, 6.45) is 4.14. The first-order valence-corrected chi connectivity index (χ1v) is 5.64. The lowest BCUT2D eigenvalue weighted by atomic mass is 9.93. The lowest BCUT2D eigenvalue weighted by molar-refractivity contribution is 0.0481. The van der Waals surface area contributed by atoms with E-state index in [-0.39, 0.29) is 5.02 Å². The molecule has 1 aromatic carbocycles. The number of benzene rings is 1. The summed E-state index contributed by atoms with van der Waals surface area (Å²) < 4.78 is 13.2. The van der Waals surface area contributed by atoms with Crippen LogP contribution in [0.2, 0.25) is 5.02 Å². The molecule has 1 saturated carbocycles. The summed E-state index contributed by atoms with van der Waals surface area (Å²) in [6, 6.07) is 4.75. The minimum atomic E-state index is -0.669. The van der Waals surface area contributed by atoms with Gasteiger partial charge in [0.25, 0.3) is 0 Å². The third-order valence-electron chi connectivity index (χ3n) is 3.09. The van der Waals surface area contributed by atoms with Gasteiger partial charge in [-0.1, -0.05) is 36.6 Å². The Labute approximate surface area is 93.9 Å². The Kier molecular flexibility index (Phi) is 2.98. The van der Waals surface area contributed by atoms with E-state index >= 15 is 0 Å². The minimum absolute atomic E-state index is 0.151. The van der Waals surface area contributed by atoms with E-state index in [0.29, 0.717) is 12.0 Å². The van der Waals surface area contributed by atoms with Gasteiger partial charge in [0.1, 0.15) is 5.82 Å². The summed E-state index contributed by atoms with van der Waals surface area (Å²) in [5.74, 6) is -0.407. The Bertz CT molecular complexity index is 359. The normalized spacial score (nSPS) is 19.4. The van der Waals surface area contributed by atoms with Gasteiger partial charge in [0.2, 0.25) is 0 Å². The van der Waals surface area contributed by atoms with E-state index in [0.717, 1.165) is 25.7 Å². The fraction of sp³-hybridized carbons (Fsp3) is 0.500. The highest BCUT2D eigenvalue weighted by Gasteiger charge is 2.31. The smallest absolute Gasteiger partial charge is 0.142 e. The molecule has 1 aliphatic rings. The number of halogens is 2. The Morgan fingerprint density at radius 2 is 2.00 bits per heavy atom. The van der Waals surface area contributed by atoms with E-state index in [1.165, 1.54) is 6.07 Å². The van der Waals surface area contributed by atoms with Crippen molar-refractivity contribution in [2.75, 3.05) is 0 Å². The molecular formula is C12H14ClFO. The molecule has 15 heavy (non-hydrogen) atoms. The van der Waals surface area contributed by atoms with Crippen molar-refractivity contribution in [3.05, 3.63) is 34.6 Å². The van der Waals surface area contributed by atoms with Crippen LogP contribution in [0.15, 0.2) is 18.2 Å². The van der Waals surface area contributed by atoms with Crippen LogP contribution in [0.25, 0.3) is 0 Å². The van der Waals surface area contributed by atoms with Crippen molar-refractivity contribution in [3.63, 3.8) is 0 Å². The first kappa shape index (κ1) is 10.9. The van der Waals surface area contributed by atoms with Crippen LogP contribution in [0.1, 0.15) is 31.2 Å². The second-order valence-electron chi connectivity index (χ2n) is 4.32. The third kappa shape index (κ3) is 2.32. The van der Waals surface area contributed by atoms with Crippen molar-refractivity contribution in [3.8, 4) is 0 Å². The molecule has 1 aromatic rings. The molecule has 82 valence electrons. The van der Waals surface area contributed by atoms with Crippen molar-refractivity contribution in [1.29, 1.82) is 0 Å². The number of rotatable bonds is 2. The van der Waals surface area contributed by atoms with Crippen LogP contribution in [0.4, 0.5) is 4.39 Å². The predicted octanol–water partition coefficient (Wildman–Crippen LogP) is 3.33. The Morgan fingerprint density at radius 1 is 1.33 bits per heavy atom. The molecule has 3 heteroatoms. The summed E-state index contributed by atoms with van der Waals surface area (Å²) in [4.78, 5) is 0. The molecule has 0 atom stereocenters. The van der Waals surface area contributed by atoms with Crippen molar-refractivity contribution in [2.24, 2.45) is 0 Å². The van der Waals surface area contributed by atoms with Gasteiger partial charge in [-0.15, -0.1) is 0 Å². The van der Waals surface area contributed by atoms with Crippen LogP contribution in [0, 0.1) is 5.82 Å². The zero-order chi connectivity index (χ0) is 10.9. The van der Waals surface area contributed by atoms with Gasteiger partial charge in [0.05, 0.1) is 10.6 Å². The van der Waals surface area contributed by atoms with E-state index in [4.69, 9.17) is 11.6 Å². The summed E-state index contributed by atoms with van der Waals surface area (Å²) in [5.41, 5.74) is 0.0401. The summed E-state index contributed by atoms with van der Waals surface area (Å²) in [6.45, 7) is 0. The molecule has 0 saturated heterocycles. The van der Waals surface area contributed by atoms with Gasteiger partial charge in [-0.2, -0.15) is 0 Å². The molecule has 1 fully saturated rings. The fourth-order valence-corrected chi connectivity index (χ4v) is 2.44. The number of hydrogen-bond donors (Lipinski definition) is 1. The SMILES string of the molecule is OC1(Cc2cccc(F)c2Cl)CCCC1.